The number of aromatic nitrogens is 4. The molecule has 0 saturated carbocycles. The van der Waals surface area contributed by atoms with E-state index in [9.17, 15) is 37.7 Å². The number of nitriles is 2. The van der Waals surface area contributed by atoms with E-state index in [0.717, 1.165) is 31.5 Å². The van der Waals surface area contributed by atoms with Crippen molar-refractivity contribution in [2.24, 2.45) is 0 Å². The number of anilines is 4. The van der Waals surface area contributed by atoms with E-state index in [4.69, 9.17) is 29.4 Å². The number of benzene rings is 2. The zero-order valence-electron chi connectivity index (χ0n) is 46.6. The summed E-state index contributed by atoms with van der Waals surface area (Å²) in [5.41, 5.74) is -1.60. The van der Waals surface area contributed by atoms with E-state index in [0.29, 0.717) is 40.7 Å². The van der Waals surface area contributed by atoms with Gasteiger partial charge in [-0.3, -0.25) is 14.5 Å². The van der Waals surface area contributed by atoms with Gasteiger partial charge in [-0.15, -0.1) is 0 Å². The second-order valence-electron chi connectivity index (χ2n) is 22.2. The standard InChI is InChI=1S/C58H64F8N14O4/c1-5-48(81)79-25-23-77(29-36(79)14-18-67)53-41-16-21-75(47-11-7-10-44(59)50(47)58(64,65)66)31-45(41)69-56(72-53)84-34-39-27-35(28-74(39)4)40-12-13-43(57(61,62)63)52(51(40)60)76-22-17-42-46(32-76)70-55(83-33-38-9-8-20-73(38)3)71-54(42)78-24-26-80(49(82)6-2)37(30-78)15-19-68/h5-7,10-13,35-39H,1-2,8-9,14-17,20-34H2,3-4H3/t35?,36-,37?,38-,39+/m0/s1. The lowest BCUT2D eigenvalue weighted by molar-refractivity contribution is -0.139. The Labute approximate surface area is 481 Å². The maximum absolute atomic E-state index is 17.5. The highest BCUT2D eigenvalue weighted by atomic mass is 19.4. The molecule has 2 aromatic heterocycles. The first-order valence-corrected chi connectivity index (χ1v) is 28.0. The Balaban J connectivity index is 0.921. The molecule has 0 N–H and O–H groups in total. The van der Waals surface area contributed by atoms with E-state index in [1.54, 1.807) is 16.8 Å². The Hall–Kier alpha value is -7.84. The number of ether oxygens (including phenoxy) is 2. The van der Waals surface area contributed by atoms with Crippen molar-refractivity contribution in [2.75, 3.05) is 112 Å². The molecule has 2 aromatic carbocycles. The van der Waals surface area contributed by atoms with E-state index >= 15 is 17.6 Å². The van der Waals surface area contributed by atoms with Crippen molar-refractivity contribution in [1.29, 1.82) is 10.5 Å². The van der Waals surface area contributed by atoms with Crippen LogP contribution in [0, 0.1) is 34.3 Å². The minimum Gasteiger partial charge on any atom is -0.462 e. The predicted octanol–water partition coefficient (Wildman–Crippen LogP) is 7.28. The smallest absolute Gasteiger partial charge is 0.421 e. The molecule has 5 atom stereocenters. The summed E-state index contributed by atoms with van der Waals surface area (Å²) in [5.74, 6) is -2.89. The molecule has 2 unspecified atom stereocenters. The number of hydrogen-bond donors (Lipinski definition) is 0. The molecule has 18 nitrogen and oxygen atoms in total. The van der Waals surface area contributed by atoms with Crippen LogP contribution in [-0.4, -0.2) is 168 Å². The first-order valence-electron chi connectivity index (χ1n) is 28.0. The van der Waals surface area contributed by atoms with Gasteiger partial charge in [-0.1, -0.05) is 25.3 Å². The summed E-state index contributed by atoms with van der Waals surface area (Å²) in [7, 11) is 3.76. The Morgan fingerprint density at radius 2 is 1.23 bits per heavy atom. The molecule has 0 spiro atoms. The van der Waals surface area contributed by atoms with Gasteiger partial charge in [0.15, 0.2) is 5.82 Å². The van der Waals surface area contributed by atoms with Crippen LogP contribution >= 0.6 is 0 Å². The molecular formula is C58H64F8N14O4. The lowest BCUT2D eigenvalue weighted by Gasteiger charge is -2.42. The van der Waals surface area contributed by atoms with Gasteiger partial charge in [-0.05, 0) is 88.7 Å². The number of piperazine rings is 2. The SMILES string of the molecule is C=CC(=O)N1CCN(c2nc(OC[C@@H]3CCCN3C)nc3c2CCN(c2c(C(F)(F)F)ccc(C4C[C@H](COc5nc6c(c(N7CCN(C(=O)C=C)[C@@H](CC#N)C7)n5)CCN(c5cccc(F)c5C(F)(F)F)C6)N(C)C4)c2F)C3)CC1CC#N. The summed E-state index contributed by atoms with van der Waals surface area (Å²) < 4.78 is 133. The van der Waals surface area contributed by atoms with E-state index < -0.39 is 64.8 Å². The van der Waals surface area contributed by atoms with Crippen LogP contribution in [-0.2, 0) is 47.9 Å². The average molecular weight is 1170 g/mol. The van der Waals surface area contributed by atoms with Crippen molar-refractivity contribution < 1.29 is 54.2 Å². The van der Waals surface area contributed by atoms with Crippen LogP contribution in [0.1, 0.15) is 77.2 Å². The number of likely N-dealkylation sites (tertiary alicyclic amines) is 2. The number of carbonyl (C=O) groups is 2. The molecule has 6 aliphatic heterocycles. The first-order chi connectivity index (χ1) is 40.2. The van der Waals surface area contributed by atoms with Gasteiger partial charge in [0.05, 0.1) is 78.5 Å². The summed E-state index contributed by atoms with van der Waals surface area (Å²) in [6.07, 6.45) is -5.21. The monoisotopic (exact) mass is 1170 g/mol. The van der Waals surface area contributed by atoms with Crippen molar-refractivity contribution in [3.8, 4) is 24.2 Å². The molecule has 0 aliphatic carbocycles. The molecular weight excluding hydrogens is 1110 g/mol. The molecule has 6 aliphatic rings. The molecule has 2 amide bonds. The maximum Gasteiger partial charge on any atom is 0.421 e. The van der Waals surface area contributed by atoms with Crippen LogP contribution in [0.4, 0.5) is 58.1 Å². The van der Waals surface area contributed by atoms with Crippen LogP contribution in [0.25, 0.3) is 0 Å². The second-order valence-corrected chi connectivity index (χ2v) is 22.2. The summed E-state index contributed by atoms with van der Waals surface area (Å²) in [6.45, 7) is 9.53. The minimum absolute atomic E-state index is 0.00578. The summed E-state index contributed by atoms with van der Waals surface area (Å²) in [6, 6.07) is 7.93. The second kappa shape index (κ2) is 24.4. The average Bonchev–Trinajstić information content (AvgIpc) is 1.66. The number of carbonyl (C=O) groups excluding carboxylic acids is 2. The van der Waals surface area contributed by atoms with Crippen LogP contribution in [0.15, 0.2) is 55.6 Å². The Morgan fingerprint density at radius 1 is 0.667 bits per heavy atom. The van der Waals surface area contributed by atoms with Crippen LogP contribution in [0.3, 0.4) is 0 Å². The van der Waals surface area contributed by atoms with E-state index in [2.05, 4.69) is 30.2 Å². The molecule has 10 rings (SSSR count). The van der Waals surface area contributed by atoms with E-state index in [-0.39, 0.29) is 152 Å². The number of likely N-dealkylation sites (N-methyl/N-ethyl adjacent to an activating group) is 2. The Bertz CT molecular complexity index is 3260. The molecule has 0 bridgehead atoms. The van der Waals surface area contributed by atoms with Crippen LogP contribution in [0.5, 0.6) is 12.0 Å². The highest BCUT2D eigenvalue weighted by Gasteiger charge is 2.44. The topological polar surface area (TPSA) is 178 Å². The third-order valence-corrected chi connectivity index (χ3v) is 17.2. The van der Waals surface area contributed by atoms with Crippen LogP contribution in [0.2, 0.25) is 0 Å². The zero-order chi connectivity index (χ0) is 59.8. The first kappa shape index (κ1) is 59.3. The van der Waals surface area contributed by atoms with Gasteiger partial charge >= 0.3 is 24.4 Å². The fourth-order valence-electron chi connectivity index (χ4n) is 12.8. The van der Waals surface area contributed by atoms with E-state index in [1.165, 1.54) is 40.2 Å². The molecule has 84 heavy (non-hydrogen) atoms. The minimum atomic E-state index is -5.01. The molecule has 4 aromatic rings. The van der Waals surface area contributed by atoms with Gasteiger partial charge in [-0.2, -0.15) is 56.8 Å². The lowest BCUT2D eigenvalue weighted by atomic mass is 9.92. The molecule has 4 fully saturated rings. The molecule has 4 saturated heterocycles. The number of fused-ring (bicyclic) bond motifs is 2. The predicted molar refractivity (Wildman–Crippen MR) is 293 cm³/mol. The molecule has 0 radical (unpaired) electrons. The molecule has 446 valence electrons. The van der Waals surface area contributed by atoms with Gasteiger partial charge in [0.1, 0.15) is 36.2 Å². The summed E-state index contributed by atoms with van der Waals surface area (Å²) in [4.78, 5) is 58.6. The normalized spacial score (nSPS) is 22.3. The van der Waals surface area contributed by atoms with Gasteiger partial charge < -0.3 is 43.8 Å². The number of nitrogens with zero attached hydrogens (tertiary/aromatic N) is 14. The largest absolute Gasteiger partial charge is 0.462 e. The van der Waals surface area contributed by atoms with Gasteiger partial charge in [-0.25, -0.2) is 8.78 Å². The summed E-state index contributed by atoms with van der Waals surface area (Å²) >= 11 is 0. The van der Waals surface area contributed by atoms with Crippen molar-refractivity contribution in [1.82, 2.24) is 39.5 Å². The number of hydrogen-bond acceptors (Lipinski definition) is 16. The van der Waals surface area contributed by atoms with Gasteiger partial charge in [0, 0.05) is 88.0 Å². The van der Waals surface area contributed by atoms with Gasteiger partial charge in [0.25, 0.3) is 0 Å². The van der Waals surface area contributed by atoms with Crippen LogP contribution < -0.4 is 29.1 Å². The van der Waals surface area contributed by atoms with Crippen molar-refractivity contribution in [3.05, 3.63) is 106 Å². The van der Waals surface area contributed by atoms with Crippen molar-refractivity contribution in [3.63, 3.8) is 0 Å². The lowest BCUT2D eigenvalue weighted by Crippen LogP contribution is -2.55. The maximum atomic E-state index is 17.5. The number of alkyl halides is 6. The number of halogens is 8. The fourth-order valence-corrected chi connectivity index (χ4v) is 12.8. The Morgan fingerprint density at radius 3 is 1.75 bits per heavy atom. The van der Waals surface area contributed by atoms with Gasteiger partial charge in [0.2, 0.25) is 11.8 Å². The summed E-state index contributed by atoms with van der Waals surface area (Å²) in [5, 5.41) is 19.4. The fraction of sp³-hybridized carbons (Fsp3) is 0.517. The number of amides is 2. The highest BCUT2D eigenvalue weighted by Crippen LogP contribution is 2.46. The number of rotatable bonds is 15. The molecule has 26 heteroatoms. The third kappa shape index (κ3) is 12.1. The highest BCUT2D eigenvalue weighted by molar-refractivity contribution is 5.88. The van der Waals surface area contributed by atoms with Crippen molar-refractivity contribution in [2.45, 2.75) is 100 Å². The Kier molecular flexibility index (Phi) is 17.2. The molecule has 8 heterocycles. The van der Waals surface area contributed by atoms with Crippen molar-refractivity contribution >= 4 is 34.8 Å². The zero-order valence-corrected chi connectivity index (χ0v) is 46.6. The quantitative estimate of drug-likeness (QED) is 0.0856. The van der Waals surface area contributed by atoms with E-state index in [1.807, 2.05) is 21.7 Å². The third-order valence-electron chi connectivity index (χ3n) is 17.2.